The number of ether oxygens (including phenoxy) is 1. The van der Waals surface area contributed by atoms with Crippen LogP contribution in [0.25, 0.3) is 10.8 Å². The van der Waals surface area contributed by atoms with E-state index in [4.69, 9.17) is 15.5 Å². The molecule has 10 nitrogen and oxygen atoms in total. The maximum absolute atomic E-state index is 12.8. The van der Waals surface area contributed by atoms with Gasteiger partial charge in [-0.15, -0.1) is 0 Å². The van der Waals surface area contributed by atoms with Crippen LogP contribution >= 0.6 is 0 Å². The second-order valence-corrected chi connectivity index (χ2v) is 8.76. The number of anilines is 4. The Bertz CT molecular complexity index is 1280. The predicted octanol–water partition coefficient (Wildman–Crippen LogP) is 2.45. The second-order valence-electron chi connectivity index (χ2n) is 8.76. The van der Waals surface area contributed by atoms with Crippen molar-refractivity contribution < 1.29 is 4.74 Å². The predicted molar refractivity (Wildman–Crippen MR) is 131 cm³/mol. The van der Waals surface area contributed by atoms with E-state index in [1.165, 1.54) is 6.20 Å². The van der Waals surface area contributed by atoms with Gasteiger partial charge >= 0.3 is 0 Å². The number of morpholine rings is 1. The van der Waals surface area contributed by atoms with Gasteiger partial charge in [-0.3, -0.25) is 4.79 Å². The Morgan fingerprint density at radius 3 is 2.82 bits per heavy atom. The van der Waals surface area contributed by atoms with Gasteiger partial charge in [-0.1, -0.05) is 18.9 Å². The van der Waals surface area contributed by atoms with Crippen molar-refractivity contribution in [2.75, 3.05) is 41.8 Å². The summed E-state index contributed by atoms with van der Waals surface area (Å²) in [5, 5.41) is 23.8. The van der Waals surface area contributed by atoms with E-state index in [-0.39, 0.29) is 12.1 Å². The molecule has 1 aliphatic heterocycles. The Kier molecular flexibility index (Phi) is 6.29. The van der Waals surface area contributed by atoms with Gasteiger partial charge in [0, 0.05) is 41.9 Å². The van der Waals surface area contributed by atoms with Gasteiger partial charge in [0.2, 0.25) is 0 Å². The molecule has 0 amide bonds. The Balaban J connectivity index is 1.55. The van der Waals surface area contributed by atoms with Gasteiger partial charge in [-0.05, 0) is 31.0 Å². The minimum atomic E-state index is -0.408. The lowest BCUT2D eigenvalue weighted by Gasteiger charge is -2.30. The third-order valence-electron chi connectivity index (χ3n) is 6.56. The summed E-state index contributed by atoms with van der Waals surface area (Å²) in [5.74, 6) is 0.778. The van der Waals surface area contributed by atoms with E-state index in [0.29, 0.717) is 41.2 Å². The van der Waals surface area contributed by atoms with Gasteiger partial charge in [0.25, 0.3) is 5.56 Å². The van der Waals surface area contributed by atoms with Gasteiger partial charge in [-0.2, -0.15) is 10.4 Å². The standard InChI is InChI=1S/C24H28N8O2/c25-13-17-18-14-27-31-24(33)21(18)23(30-22(17)29-20-7-2-1-6-19(20)26)28-15-4-3-5-16(12-15)32-8-10-34-11-9-32/h3-5,12,14,19-20H,1-2,6-11,26H2,(H,31,33)(H2,28,29,30)/t19-,20+/m0/s1. The van der Waals surface area contributed by atoms with Crippen LogP contribution in [0.2, 0.25) is 0 Å². The molecule has 1 aromatic carbocycles. The Morgan fingerprint density at radius 1 is 1.21 bits per heavy atom. The fraction of sp³-hybridized carbons (Fsp3) is 0.417. The average Bonchev–Trinajstić information content (AvgIpc) is 2.86. The number of pyridine rings is 1. The highest BCUT2D eigenvalue weighted by atomic mass is 16.5. The first kappa shape index (κ1) is 22.1. The molecular formula is C24H28N8O2. The number of rotatable bonds is 5. The summed E-state index contributed by atoms with van der Waals surface area (Å²) >= 11 is 0. The van der Waals surface area contributed by atoms with Crippen LogP contribution < -0.4 is 26.8 Å². The average molecular weight is 461 g/mol. The molecule has 5 rings (SSSR count). The number of nitrogens with two attached hydrogens (primary N) is 1. The molecule has 1 aliphatic carbocycles. The number of benzene rings is 1. The third kappa shape index (κ3) is 4.40. The van der Waals surface area contributed by atoms with E-state index in [9.17, 15) is 10.1 Å². The monoisotopic (exact) mass is 460 g/mol. The molecule has 1 saturated heterocycles. The van der Waals surface area contributed by atoms with Crippen molar-refractivity contribution in [3.05, 3.63) is 46.4 Å². The lowest BCUT2D eigenvalue weighted by atomic mass is 9.91. The highest BCUT2D eigenvalue weighted by molar-refractivity contribution is 5.98. The fourth-order valence-corrected chi connectivity index (χ4v) is 4.74. The molecule has 0 spiro atoms. The number of nitrogens with zero attached hydrogens (tertiary/aromatic N) is 4. The number of nitrogens with one attached hydrogen (secondary N) is 3. The molecule has 2 aliphatic rings. The van der Waals surface area contributed by atoms with Crippen LogP contribution in [-0.4, -0.2) is 53.6 Å². The molecule has 2 aromatic heterocycles. The Hall–Kier alpha value is -3.68. The summed E-state index contributed by atoms with van der Waals surface area (Å²) in [5.41, 5.74) is 8.07. The fourth-order valence-electron chi connectivity index (χ4n) is 4.74. The summed E-state index contributed by atoms with van der Waals surface area (Å²) in [6.45, 7) is 3.03. The number of hydrogen-bond donors (Lipinski definition) is 4. The highest BCUT2D eigenvalue weighted by Crippen LogP contribution is 2.31. The molecule has 176 valence electrons. The summed E-state index contributed by atoms with van der Waals surface area (Å²) in [6.07, 6.45) is 5.50. The van der Waals surface area contributed by atoms with Crippen LogP contribution in [0.15, 0.2) is 35.3 Å². The maximum atomic E-state index is 12.8. The van der Waals surface area contributed by atoms with Crippen molar-refractivity contribution in [1.82, 2.24) is 15.2 Å². The lowest BCUT2D eigenvalue weighted by Crippen LogP contribution is -2.43. The molecular weight excluding hydrogens is 432 g/mol. The van der Waals surface area contributed by atoms with Crippen LogP contribution in [0.1, 0.15) is 31.2 Å². The van der Waals surface area contributed by atoms with Gasteiger partial charge in [0.15, 0.2) is 0 Å². The molecule has 0 bridgehead atoms. The topological polar surface area (TPSA) is 145 Å². The van der Waals surface area contributed by atoms with Crippen LogP contribution in [0.5, 0.6) is 0 Å². The lowest BCUT2D eigenvalue weighted by molar-refractivity contribution is 0.122. The quantitative estimate of drug-likeness (QED) is 0.451. The summed E-state index contributed by atoms with van der Waals surface area (Å²) in [6, 6.07) is 10.2. The van der Waals surface area contributed by atoms with E-state index in [1.54, 1.807) is 0 Å². The normalized spacial score (nSPS) is 20.6. The van der Waals surface area contributed by atoms with Gasteiger partial charge in [0.1, 0.15) is 23.3 Å². The van der Waals surface area contributed by atoms with Crippen molar-refractivity contribution in [2.45, 2.75) is 37.8 Å². The molecule has 5 N–H and O–H groups in total. The Labute approximate surface area is 197 Å². The number of H-pyrrole nitrogens is 1. The summed E-state index contributed by atoms with van der Waals surface area (Å²) in [7, 11) is 0. The van der Waals surface area contributed by atoms with Crippen LogP contribution in [0.4, 0.5) is 23.0 Å². The number of nitriles is 1. The second kappa shape index (κ2) is 9.67. The largest absolute Gasteiger partial charge is 0.378 e. The minimum absolute atomic E-state index is 0.0123. The number of aromatic nitrogens is 3. The molecule has 3 aromatic rings. The molecule has 10 heteroatoms. The van der Waals surface area contributed by atoms with E-state index in [0.717, 1.165) is 50.1 Å². The van der Waals surface area contributed by atoms with Crippen LogP contribution in [0, 0.1) is 11.3 Å². The molecule has 2 atom stereocenters. The van der Waals surface area contributed by atoms with Gasteiger partial charge in [-0.25, -0.2) is 10.1 Å². The molecule has 1 saturated carbocycles. The first-order valence-electron chi connectivity index (χ1n) is 11.7. The maximum Gasteiger partial charge on any atom is 0.275 e. The molecule has 0 unspecified atom stereocenters. The van der Waals surface area contributed by atoms with E-state index >= 15 is 0 Å². The van der Waals surface area contributed by atoms with Crippen molar-refractivity contribution >= 4 is 33.8 Å². The number of aromatic amines is 1. The zero-order valence-electron chi connectivity index (χ0n) is 18.9. The van der Waals surface area contributed by atoms with E-state index in [1.807, 2.05) is 18.2 Å². The Morgan fingerprint density at radius 2 is 2.03 bits per heavy atom. The smallest absolute Gasteiger partial charge is 0.275 e. The summed E-state index contributed by atoms with van der Waals surface area (Å²) < 4.78 is 5.46. The molecule has 3 heterocycles. The summed E-state index contributed by atoms with van der Waals surface area (Å²) in [4.78, 5) is 19.7. The van der Waals surface area contributed by atoms with Crippen LogP contribution in [0.3, 0.4) is 0 Å². The van der Waals surface area contributed by atoms with E-state index < -0.39 is 5.56 Å². The molecule has 0 radical (unpaired) electrons. The van der Waals surface area contributed by atoms with Crippen molar-refractivity contribution in [2.24, 2.45) is 5.73 Å². The third-order valence-corrected chi connectivity index (χ3v) is 6.56. The first-order valence-corrected chi connectivity index (χ1v) is 11.7. The van der Waals surface area contributed by atoms with Crippen molar-refractivity contribution in [3.8, 4) is 6.07 Å². The van der Waals surface area contributed by atoms with E-state index in [2.05, 4.69) is 37.9 Å². The van der Waals surface area contributed by atoms with Crippen LogP contribution in [-0.2, 0) is 4.74 Å². The minimum Gasteiger partial charge on any atom is -0.378 e. The van der Waals surface area contributed by atoms with Crippen molar-refractivity contribution in [3.63, 3.8) is 0 Å². The molecule has 2 fully saturated rings. The number of hydrogen-bond acceptors (Lipinski definition) is 9. The van der Waals surface area contributed by atoms with Gasteiger partial charge < -0.3 is 26.0 Å². The molecule has 34 heavy (non-hydrogen) atoms. The number of fused-ring (bicyclic) bond motifs is 1. The zero-order valence-corrected chi connectivity index (χ0v) is 18.9. The first-order chi connectivity index (χ1) is 16.6. The van der Waals surface area contributed by atoms with Gasteiger partial charge in [0.05, 0.1) is 24.8 Å². The van der Waals surface area contributed by atoms with Crippen molar-refractivity contribution in [1.29, 1.82) is 5.26 Å². The highest BCUT2D eigenvalue weighted by Gasteiger charge is 2.25. The zero-order chi connectivity index (χ0) is 23.5. The SMILES string of the molecule is N#Cc1c(N[C@@H]2CCCC[C@@H]2N)nc(Nc2cccc(N3CCOCC3)c2)c2c(=O)[nH]ncc12.